The monoisotopic (exact) mass is 427 g/mol. The first-order valence-electron chi connectivity index (χ1n) is 8.63. The standard InChI is InChI=1S/C16H16F3N7O2S/c17-16(18,19)12-9-26-11(6-23-14(26)7-22-12)15-21-4-3-13(24-15)25-5-1-2-10(8-25)29(20,27)28/h3-4,6-7,9-10H,1-2,5,8H2,(H2,20,27,28). The summed E-state index contributed by atoms with van der Waals surface area (Å²) in [5, 5.41) is 4.57. The molecule has 3 aromatic heterocycles. The van der Waals surface area contributed by atoms with E-state index in [1.165, 1.54) is 16.8 Å². The van der Waals surface area contributed by atoms with Crippen LogP contribution in [-0.4, -0.2) is 51.1 Å². The van der Waals surface area contributed by atoms with Gasteiger partial charge in [0, 0.05) is 25.5 Å². The minimum absolute atomic E-state index is 0.159. The topological polar surface area (TPSA) is 119 Å². The Bertz CT molecular complexity index is 1160. The summed E-state index contributed by atoms with van der Waals surface area (Å²) in [6.45, 7) is 0.766. The number of fused-ring (bicyclic) bond motifs is 1. The molecule has 29 heavy (non-hydrogen) atoms. The number of alkyl halides is 3. The summed E-state index contributed by atoms with van der Waals surface area (Å²) < 4.78 is 63.6. The van der Waals surface area contributed by atoms with Crippen molar-refractivity contribution in [1.82, 2.24) is 24.3 Å². The van der Waals surface area contributed by atoms with Crippen molar-refractivity contribution in [3.63, 3.8) is 0 Å². The Morgan fingerprint density at radius 3 is 2.69 bits per heavy atom. The van der Waals surface area contributed by atoms with Crippen LogP contribution in [0.5, 0.6) is 0 Å². The fourth-order valence-corrected chi connectivity index (χ4v) is 4.15. The molecule has 1 aliphatic heterocycles. The number of aromatic nitrogens is 5. The van der Waals surface area contributed by atoms with Crippen molar-refractivity contribution >= 4 is 21.5 Å². The van der Waals surface area contributed by atoms with Crippen molar-refractivity contribution in [2.75, 3.05) is 18.0 Å². The smallest absolute Gasteiger partial charge is 0.355 e. The predicted molar refractivity (Wildman–Crippen MR) is 97.4 cm³/mol. The van der Waals surface area contributed by atoms with Crippen LogP contribution < -0.4 is 10.0 Å². The second kappa shape index (κ2) is 6.91. The normalized spacial score (nSPS) is 18.3. The molecule has 13 heteroatoms. The van der Waals surface area contributed by atoms with Gasteiger partial charge in [-0.15, -0.1) is 0 Å². The number of nitrogens with zero attached hydrogens (tertiary/aromatic N) is 6. The second-order valence-corrected chi connectivity index (χ2v) is 8.52. The number of rotatable bonds is 3. The van der Waals surface area contributed by atoms with E-state index in [4.69, 9.17) is 5.14 Å². The number of nitrogens with two attached hydrogens (primary N) is 1. The third kappa shape index (κ3) is 3.87. The van der Waals surface area contributed by atoms with Crippen molar-refractivity contribution < 1.29 is 21.6 Å². The molecule has 0 amide bonds. The maximum atomic E-state index is 13.0. The van der Waals surface area contributed by atoms with Crippen LogP contribution in [0.15, 0.2) is 30.9 Å². The zero-order chi connectivity index (χ0) is 20.8. The Morgan fingerprint density at radius 1 is 1.17 bits per heavy atom. The lowest BCUT2D eigenvalue weighted by atomic mass is 10.1. The van der Waals surface area contributed by atoms with Gasteiger partial charge in [0.2, 0.25) is 10.0 Å². The van der Waals surface area contributed by atoms with E-state index in [0.29, 0.717) is 25.2 Å². The molecule has 0 aliphatic carbocycles. The van der Waals surface area contributed by atoms with E-state index in [1.807, 2.05) is 0 Å². The first kappa shape index (κ1) is 19.5. The van der Waals surface area contributed by atoms with Gasteiger partial charge in [-0.05, 0) is 18.9 Å². The summed E-state index contributed by atoms with van der Waals surface area (Å²) in [4.78, 5) is 17.8. The van der Waals surface area contributed by atoms with Gasteiger partial charge in [-0.25, -0.2) is 33.5 Å². The minimum atomic E-state index is -4.60. The van der Waals surface area contributed by atoms with Gasteiger partial charge < -0.3 is 4.90 Å². The highest BCUT2D eigenvalue weighted by Crippen LogP contribution is 2.29. The van der Waals surface area contributed by atoms with Crippen molar-refractivity contribution in [2.45, 2.75) is 24.3 Å². The highest BCUT2D eigenvalue weighted by atomic mass is 32.2. The van der Waals surface area contributed by atoms with E-state index in [0.717, 1.165) is 12.4 Å². The SMILES string of the molecule is NS(=O)(=O)C1CCCN(c2ccnc(-c3cnc4cnc(C(F)(F)F)cn34)n2)C1. The third-order valence-electron chi connectivity index (χ3n) is 4.72. The van der Waals surface area contributed by atoms with Gasteiger partial charge in [0.05, 0.1) is 17.6 Å². The number of hydrogen-bond donors (Lipinski definition) is 1. The number of piperidine rings is 1. The van der Waals surface area contributed by atoms with Crippen molar-refractivity contribution in [1.29, 1.82) is 0 Å². The average Bonchev–Trinajstić information content (AvgIpc) is 3.10. The molecule has 1 unspecified atom stereocenters. The zero-order valence-electron chi connectivity index (χ0n) is 14.9. The Balaban J connectivity index is 1.71. The lowest BCUT2D eigenvalue weighted by Crippen LogP contribution is -2.45. The van der Waals surface area contributed by atoms with E-state index in [2.05, 4.69) is 19.9 Å². The largest absolute Gasteiger partial charge is 0.434 e. The lowest BCUT2D eigenvalue weighted by molar-refractivity contribution is -0.141. The van der Waals surface area contributed by atoms with Gasteiger partial charge in [0.1, 0.15) is 11.5 Å². The maximum Gasteiger partial charge on any atom is 0.434 e. The zero-order valence-corrected chi connectivity index (χ0v) is 15.7. The lowest BCUT2D eigenvalue weighted by Gasteiger charge is -2.32. The van der Waals surface area contributed by atoms with Gasteiger partial charge in [-0.2, -0.15) is 13.2 Å². The first-order valence-corrected chi connectivity index (χ1v) is 10.2. The molecular weight excluding hydrogens is 411 g/mol. The molecule has 4 heterocycles. The van der Waals surface area contributed by atoms with Crippen LogP contribution in [0.3, 0.4) is 0 Å². The van der Waals surface area contributed by atoms with Gasteiger partial charge >= 0.3 is 6.18 Å². The molecule has 1 aliphatic rings. The predicted octanol–water partition coefficient (Wildman–Crippen LogP) is 1.46. The van der Waals surface area contributed by atoms with Crippen LogP contribution in [0.25, 0.3) is 17.2 Å². The quantitative estimate of drug-likeness (QED) is 0.672. The molecule has 0 aromatic carbocycles. The summed E-state index contributed by atoms with van der Waals surface area (Å²) in [6, 6.07) is 1.61. The van der Waals surface area contributed by atoms with E-state index in [9.17, 15) is 21.6 Å². The fraction of sp³-hybridized carbons (Fsp3) is 0.375. The second-order valence-electron chi connectivity index (χ2n) is 6.68. The molecule has 0 spiro atoms. The number of halogens is 3. The molecule has 1 saturated heterocycles. The molecule has 4 rings (SSSR count). The Labute approximate surface area is 163 Å². The minimum Gasteiger partial charge on any atom is -0.355 e. The number of primary sulfonamides is 1. The van der Waals surface area contributed by atoms with Crippen LogP contribution >= 0.6 is 0 Å². The summed E-state index contributed by atoms with van der Waals surface area (Å²) in [5.74, 6) is 0.621. The summed E-state index contributed by atoms with van der Waals surface area (Å²) in [7, 11) is -3.68. The van der Waals surface area contributed by atoms with Crippen LogP contribution in [0.2, 0.25) is 0 Å². The van der Waals surface area contributed by atoms with E-state index < -0.39 is 27.1 Å². The van der Waals surface area contributed by atoms with Crippen molar-refractivity contribution in [2.24, 2.45) is 5.14 Å². The van der Waals surface area contributed by atoms with Gasteiger partial charge in [-0.3, -0.25) is 4.40 Å². The fourth-order valence-electron chi connectivity index (χ4n) is 3.26. The van der Waals surface area contributed by atoms with Gasteiger partial charge in [0.25, 0.3) is 0 Å². The van der Waals surface area contributed by atoms with Crippen molar-refractivity contribution in [3.8, 4) is 11.5 Å². The van der Waals surface area contributed by atoms with Crippen LogP contribution in [-0.2, 0) is 16.2 Å². The Kier molecular flexibility index (Phi) is 4.65. The molecule has 0 saturated carbocycles. The summed E-state index contributed by atoms with van der Waals surface area (Å²) in [6.07, 6.45) is 1.17. The summed E-state index contributed by atoms with van der Waals surface area (Å²) in [5.41, 5.74) is -0.587. The Hall–Kier alpha value is -2.80. The molecular formula is C16H16F3N7O2S. The number of anilines is 1. The van der Waals surface area contributed by atoms with E-state index in [1.54, 1.807) is 11.0 Å². The highest BCUT2D eigenvalue weighted by Gasteiger charge is 2.33. The number of imidazole rings is 1. The summed E-state index contributed by atoms with van der Waals surface area (Å²) >= 11 is 0. The molecule has 2 N–H and O–H groups in total. The molecule has 154 valence electrons. The molecule has 1 fully saturated rings. The molecule has 1 atom stereocenters. The van der Waals surface area contributed by atoms with E-state index in [-0.39, 0.29) is 23.7 Å². The number of hydrogen-bond acceptors (Lipinski definition) is 7. The van der Waals surface area contributed by atoms with Gasteiger partial charge in [-0.1, -0.05) is 0 Å². The highest BCUT2D eigenvalue weighted by molar-refractivity contribution is 7.89. The molecule has 0 radical (unpaired) electrons. The van der Waals surface area contributed by atoms with Crippen molar-refractivity contribution in [3.05, 3.63) is 36.5 Å². The van der Waals surface area contributed by atoms with Crippen LogP contribution in [0.1, 0.15) is 18.5 Å². The average molecular weight is 427 g/mol. The van der Waals surface area contributed by atoms with E-state index >= 15 is 0 Å². The number of sulfonamides is 1. The first-order chi connectivity index (χ1) is 13.6. The van der Waals surface area contributed by atoms with Gasteiger partial charge in [0.15, 0.2) is 17.2 Å². The molecule has 3 aromatic rings. The Morgan fingerprint density at radius 2 is 1.97 bits per heavy atom. The van der Waals surface area contributed by atoms with Crippen LogP contribution in [0.4, 0.5) is 19.0 Å². The third-order valence-corrected chi connectivity index (χ3v) is 6.04. The molecule has 0 bridgehead atoms. The maximum absolute atomic E-state index is 13.0. The van der Waals surface area contributed by atoms with Crippen LogP contribution in [0, 0.1) is 0 Å². The molecule has 9 nitrogen and oxygen atoms in total.